The van der Waals surface area contributed by atoms with Gasteiger partial charge in [0.1, 0.15) is 11.7 Å². The molecule has 0 aliphatic carbocycles. The van der Waals surface area contributed by atoms with Crippen molar-refractivity contribution in [2.75, 3.05) is 0 Å². The molecule has 25 aromatic rings. The summed E-state index contributed by atoms with van der Waals surface area (Å²) in [7, 11) is 0. The minimum Gasteiger partial charge on any atom is -0.454 e. The van der Waals surface area contributed by atoms with Gasteiger partial charge in [-0.1, -0.05) is 328 Å². The summed E-state index contributed by atoms with van der Waals surface area (Å²) in [5.74, 6) is 2.23. The normalized spacial score (nSPS) is 11.9. The number of nitriles is 2. The van der Waals surface area contributed by atoms with E-state index in [1.165, 1.54) is 0 Å². The van der Waals surface area contributed by atoms with Crippen LogP contribution in [0.25, 0.3) is 234 Å². The van der Waals surface area contributed by atoms with Gasteiger partial charge in [-0.05, 0) is 130 Å². The number of hydrogen-bond acceptors (Lipinski definition) is 9. The van der Waals surface area contributed by atoms with E-state index in [2.05, 4.69) is 202 Å². The van der Waals surface area contributed by atoms with E-state index in [1.54, 1.807) is 0 Å². The standard InChI is InChI=1S/C58H34N6O.C58H36N6/c59-35-36-30-32-49(46(34-36)58-61-56(38-18-5-2-6-19-38)60-57(62-58)44-23-8-7-20-39(44)37-16-3-1-4-17-37)64-47-26-12-9-21-40(47)42-31-33-50-53(54(42)64)45-24-10-13-27-48(45)63(50)51-28-15-25-43-41-22-11-14-29-52(41)65-55(43)51;59-37-45-36-44(58-61-56(42-28-24-40(25-29-42)38-14-4-1-5-15-38)60-57(62-58)43-30-26-41(27-31-43)39-16-6-2-7-17-39)32-34-50(45)64-51-22-12-10-20-47(51)48-33-35-53-54(55(48)64)49-21-11-13-23-52(49)63(53)46-18-8-3-9-19-46/h1-34H;1-36H/i;32D,34D,36D. The molecule has 0 N–H and O–H groups in total. The first-order valence-electron chi connectivity index (χ1n) is 44.2. The van der Waals surface area contributed by atoms with Gasteiger partial charge in [-0.15, -0.1) is 0 Å². The number of aromatic nitrogens is 10. The molecule has 0 fully saturated rings. The maximum absolute atomic E-state index is 11.2. The van der Waals surface area contributed by atoms with Crippen LogP contribution in [0.3, 0.4) is 0 Å². The zero-order valence-corrected chi connectivity index (χ0v) is 69.0. The molecular weight excluding hydrogens is 1580 g/mol. The quantitative estimate of drug-likeness (QED) is 0.110. The van der Waals surface area contributed by atoms with E-state index in [0.29, 0.717) is 51.4 Å². The van der Waals surface area contributed by atoms with Gasteiger partial charge in [0, 0.05) is 92.9 Å². The van der Waals surface area contributed by atoms with Crippen LogP contribution in [-0.2, 0) is 0 Å². The number of fused-ring (bicyclic) bond motifs is 17. The van der Waals surface area contributed by atoms with Crippen LogP contribution >= 0.6 is 0 Å². The van der Waals surface area contributed by atoms with E-state index in [-0.39, 0.29) is 40.8 Å². The Bertz CT molecular complexity index is 8970. The lowest BCUT2D eigenvalue weighted by Crippen LogP contribution is -2.04. The number of hydrogen-bond donors (Lipinski definition) is 0. The number of furan rings is 1. The van der Waals surface area contributed by atoms with Gasteiger partial charge in [-0.2, -0.15) is 10.5 Å². The summed E-state index contributed by atoms with van der Waals surface area (Å²) in [5, 5.41) is 32.0. The smallest absolute Gasteiger partial charge is 0.166 e. The maximum Gasteiger partial charge on any atom is 0.166 e. The van der Waals surface area contributed by atoms with Gasteiger partial charge in [0.2, 0.25) is 0 Å². The summed E-state index contributed by atoms with van der Waals surface area (Å²) in [6, 6.07) is 141. The van der Waals surface area contributed by atoms with Crippen molar-refractivity contribution in [3.8, 4) is 137 Å². The van der Waals surface area contributed by atoms with Crippen LogP contribution in [0.5, 0.6) is 0 Å². The third-order valence-electron chi connectivity index (χ3n) is 24.6. The molecule has 0 bridgehead atoms. The Kier molecular flexibility index (Phi) is 17.2. The highest BCUT2D eigenvalue weighted by Crippen LogP contribution is 2.48. The molecule has 0 amide bonds. The Hall–Kier alpha value is -18.0. The first-order valence-corrected chi connectivity index (χ1v) is 42.7. The molecular formula is C116H70N12O. The van der Waals surface area contributed by atoms with Gasteiger partial charge in [0.05, 0.1) is 82.5 Å². The summed E-state index contributed by atoms with van der Waals surface area (Å²) in [5.41, 5.74) is 22.8. The van der Waals surface area contributed by atoms with Crippen molar-refractivity contribution in [3.05, 3.63) is 436 Å². The predicted molar refractivity (Wildman–Crippen MR) is 523 cm³/mol. The molecule has 25 rings (SSSR count). The fourth-order valence-corrected chi connectivity index (χ4v) is 18.8. The Morgan fingerprint density at radius 2 is 0.651 bits per heavy atom. The number of para-hydroxylation sites is 7. The van der Waals surface area contributed by atoms with Crippen molar-refractivity contribution in [2.45, 2.75) is 0 Å². The monoisotopic (exact) mass is 1650 g/mol. The molecule has 600 valence electrons. The van der Waals surface area contributed by atoms with Crippen LogP contribution in [0.4, 0.5) is 0 Å². The van der Waals surface area contributed by atoms with Crippen LogP contribution in [0, 0.1) is 22.7 Å². The molecule has 0 spiro atoms. The maximum atomic E-state index is 11.2. The third kappa shape index (κ3) is 12.7. The van der Waals surface area contributed by atoms with Gasteiger partial charge < -0.3 is 22.7 Å². The highest BCUT2D eigenvalue weighted by Gasteiger charge is 2.29. The number of rotatable bonds is 13. The van der Waals surface area contributed by atoms with Crippen LogP contribution in [-0.4, -0.2) is 48.2 Å². The summed E-state index contributed by atoms with van der Waals surface area (Å²) in [4.78, 5) is 30.6. The van der Waals surface area contributed by atoms with Gasteiger partial charge in [-0.25, -0.2) is 29.9 Å². The van der Waals surface area contributed by atoms with Crippen molar-refractivity contribution in [3.63, 3.8) is 0 Å². The van der Waals surface area contributed by atoms with Gasteiger partial charge in [0.15, 0.2) is 40.5 Å². The summed E-state index contributed by atoms with van der Waals surface area (Å²) in [6.07, 6.45) is 0. The van der Waals surface area contributed by atoms with Crippen LogP contribution < -0.4 is 0 Å². The molecule has 0 atom stereocenters. The SMILES string of the molecule is N#Cc1ccc(-n2c3ccccc3c3ccc4c(c5ccccc5n4-c4cccc5c4oc4ccccc45)c32)c(-c2nc(-c3ccccc3)nc(-c3ccccc3-c3ccccc3)n2)c1.[2H]c1c([2H])c(-n2c3ccccc3c3ccc4c(c5ccccc5n4-c4ccccc4)c32)c(C#N)c([2H])c1-c1nc(-c2ccc(-c3ccccc3)cc2)nc(-c2ccc(-c3ccccc3)cc2)n1. The van der Waals surface area contributed by atoms with Crippen molar-refractivity contribution in [1.82, 2.24) is 48.2 Å². The Labute approximate surface area is 744 Å². The molecule has 7 aromatic heterocycles. The number of nitrogens with zero attached hydrogens (tertiary/aromatic N) is 12. The third-order valence-corrected chi connectivity index (χ3v) is 24.6. The summed E-state index contributed by atoms with van der Waals surface area (Å²) >= 11 is 0. The second kappa shape index (κ2) is 31.1. The Morgan fingerprint density at radius 1 is 0.248 bits per heavy atom. The molecule has 13 nitrogen and oxygen atoms in total. The fourth-order valence-electron chi connectivity index (χ4n) is 18.8. The molecule has 13 heteroatoms. The average Bonchev–Trinajstić information content (AvgIpc) is 1.54. The second-order valence-corrected chi connectivity index (χ2v) is 31.9. The van der Waals surface area contributed by atoms with Gasteiger partial charge >= 0.3 is 0 Å². The molecule has 0 saturated carbocycles. The first-order chi connectivity index (χ1) is 65.2. The largest absolute Gasteiger partial charge is 0.454 e. The zero-order valence-electron chi connectivity index (χ0n) is 72.0. The van der Waals surface area contributed by atoms with E-state index in [4.69, 9.17) is 34.3 Å². The minimum absolute atomic E-state index is 0.0244. The van der Waals surface area contributed by atoms with E-state index >= 15 is 0 Å². The van der Waals surface area contributed by atoms with E-state index in [9.17, 15) is 14.6 Å². The highest BCUT2D eigenvalue weighted by atomic mass is 16.3. The van der Waals surface area contributed by atoms with Gasteiger partial charge in [0.25, 0.3) is 0 Å². The highest BCUT2D eigenvalue weighted by molar-refractivity contribution is 6.28. The molecule has 0 aliphatic rings. The minimum atomic E-state index is -0.272. The molecule has 0 radical (unpaired) electrons. The lowest BCUT2D eigenvalue weighted by Gasteiger charge is -2.16. The predicted octanol–water partition coefficient (Wildman–Crippen LogP) is 28.8. The van der Waals surface area contributed by atoms with Crippen molar-refractivity contribution in [2.24, 2.45) is 0 Å². The van der Waals surface area contributed by atoms with Crippen LogP contribution in [0.15, 0.2) is 429 Å². The molecule has 129 heavy (non-hydrogen) atoms. The van der Waals surface area contributed by atoms with Gasteiger partial charge in [-0.3, -0.25) is 0 Å². The topological polar surface area (TPSA) is 158 Å². The summed E-state index contributed by atoms with van der Waals surface area (Å²) in [6.45, 7) is 0. The zero-order chi connectivity index (χ0) is 88.2. The van der Waals surface area contributed by atoms with E-state index < -0.39 is 0 Å². The Balaban J connectivity index is 0.000000146. The lowest BCUT2D eigenvalue weighted by molar-refractivity contribution is 0.666. The molecule has 0 aliphatic heterocycles. The van der Waals surface area contributed by atoms with Crippen molar-refractivity contribution in [1.29, 1.82) is 10.5 Å². The molecule has 0 unspecified atom stereocenters. The van der Waals surface area contributed by atoms with E-state index in [0.717, 1.165) is 171 Å². The van der Waals surface area contributed by atoms with Crippen molar-refractivity contribution >= 4 is 109 Å². The van der Waals surface area contributed by atoms with Crippen molar-refractivity contribution < 1.29 is 8.53 Å². The first kappa shape index (κ1) is 71.5. The molecule has 18 aromatic carbocycles. The van der Waals surface area contributed by atoms with E-state index in [1.807, 2.05) is 235 Å². The fraction of sp³-hybridized carbons (Fsp3) is 0. The second-order valence-electron chi connectivity index (χ2n) is 31.9. The van der Waals surface area contributed by atoms with Crippen LogP contribution in [0.1, 0.15) is 15.2 Å². The Morgan fingerprint density at radius 3 is 1.21 bits per heavy atom. The molecule has 7 heterocycles. The number of benzene rings is 18. The lowest BCUT2D eigenvalue weighted by atomic mass is 9.99. The molecule has 0 saturated heterocycles. The van der Waals surface area contributed by atoms with Crippen LogP contribution in [0.2, 0.25) is 0 Å². The average molecular weight is 1650 g/mol. The summed E-state index contributed by atoms with van der Waals surface area (Å²) < 4.78 is 45.0.